The topological polar surface area (TPSA) is 72.2 Å². The molecule has 19 heavy (non-hydrogen) atoms. The predicted molar refractivity (Wildman–Crippen MR) is 74.2 cm³/mol. The second kappa shape index (κ2) is 6.87. The molecule has 0 spiro atoms. The van der Waals surface area contributed by atoms with Crippen LogP contribution >= 0.6 is 0 Å². The van der Waals surface area contributed by atoms with Gasteiger partial charge in [-0.2, -0.15) is 0 Å². The van der Waals surface area contributed by atoms with Gasteiger partial charge in [0.05, 0.1) is 4.92 Å². The molecule has 1 N–H and O–H groups in total. The minimum atomic E-state index is -0.489. The van der Waals surface area contributed by atoms with Gasteiger partial charge in [-0.05, 0) is 18.4 Å². The summed E-state index contributed by atoms with van der Waals surface area (Å²) in [5.41, 5.74) is 1.06. The summed E-state index contributed by atoms with van der Waals surface area (Å²) in [4.78, 5) is 22.3. The van der Waals surface area contributed by atoms with Crippen molar-refractivity contribution in [2.45, 2.75) is 33.6 Å². The quantitative estimate of drug-likeness (QED) is 0.634. The van der Waals surface area contributed by atoms with Gasteiger partial charge in [0.2, 0.25) is 0 Å². The van der Waals surface area contributed by atoms with E-state index in [4.69, 9.17) is 0 Å². The summed E-state index contributed by atoms with van der Waals surface area (Å²) >= 11 is 0. The Bertz CT molecular complexity index is 468. The maximum Gasteiger partial charge on any atom is 0.270 e. The summed E-state index contributed by atoms with van der Waals surface area (Å²) in [6.07, 6.45) is 2.01. The fourth-order valence-corrected chi connectivity index (χ4v) is 1.88. The number of non-ortho nitro benzene ring substituents is 1. The molecule has 0 bridgehead atoms. The van der Waals surface area contributed by atoms with Crippen molar-refractivity contribution < 1.29 is 9.72 Å². The minimum Gasteiger partial charge on any atom is -0.352 e. The second-order valence-corrected chi connectivity index (χ2v) is 4.65. The lowest BCUT2D eigenvalue weighted by Gasteiger charge is -2.14. The number of carbonyl (C=O) groups excluding carboxylic acids is 1. The molecule has 5 heteroatoms. The van der Waals surface area contributed by atoms with E-state index in [1.54, 1.807) is 13.0 Å². The van der Waals surface area contributed by atoms with Crippen LogP contribution in [0, 0.1) is 23.0 Å². The number of benzene rings is 1. The van der Waals surface area contributed by atoms with Crippen molar-refractivity contribution in [1.29, 1.82) is 0 Å². The first-order valence-corrected chi connectivity index (χ1v) is 6.52. The molecule has 0 heterocycles. The van der Waals surface area contributed by atoms with Gasteiger partial charge in [-0.1, -0.05) is 32.8 Å². The van der Waals surface area contributed by atoms with E-state index in [0.717, 1.165) is 18.4 Å². The molecule has 1 rings (SSSR count). The molecule has 0 atom stereocenters. The lowest BCUT2D eigenvalue weighted by molar-refractivity contribution is -0.384. The van der Waals surface area contributed by atoms with Crippen LogP contribution in [0.15, 0.2) is 18.2 Å². The summed E-state index contributed by atoms with van der Waals surface area (Å²) in [5.74, 6) is 0.205. The summed E-state index contributed by atoms with van der Waals surface area (Å²) in [6.45, 7) is 6.54. The van der Waals surface area contributed by atoms with Crippen LogP contribution in [0.1, 0.15) is 42.6 Å². The van der Waals surface area contributed by atoms with Gasteiger partial charge in [0.25, 0.3) is 11.6 Å². The lowest BCUT2D eigenvalue weighted by Crippen LogP contribution is -2.29. The third-order valence-corrected chi connectivity index (χ3v) is 3.38. The summed E-state index contributed by atoms with van der Waals surface area (Å²) in [6, 6.07) is 4.34. The Labute approximate surface area is 113 Å². The molecule has 0 aliphatic heterocycles. The number of aryl methyl sites for hydroxylation is 1. The van der Waals surface area contributed by atoms with E-state index < -0.39 is 4.92 Å². The van der Waals surface area contributed by atoms with E-state index in [9.17, 15) is 14.9 Å². The number of nitrogens with zero attached hydrogens (tertiary/aromatic N) is 1. The monoisotopic (exact) mass is 264 g/mol. The number of nitrogens with one attached hydrogen (secondary N) is 1. The highest BCUT2D eigenvalue weighted by Gasteiger charge is 2.15. The zero-order chi connectivity index (χ0) is 14.4. The first-order chi connectivity index (χ1) is 8.99. The van der Waals surface area contributed by atoms with E-state index >= 15 is 0 Å². The van der Waals surface area contributed by atoms with E-state index in [1.165, 1.54) is 12.1 Å². The first kappa shape index (κ1) is 15.1. The van der Waals surface area contributed by atoms with Crippen LogP contribution in [-0.4, -0.2) is 17.4 Å². The largest absolute Gasteiger partial charge is 0.352 e. The van der Waals surface area contributed by atoms with Crippen molar-refractivity contribution in [2.24, 2.45) is 5.92 Å². The molecule has 0 unspecified atom stereocenters. The second-order valence-electron chi connectivity index (χ2n) is 4.65. The zero-order valence-corrected chi connectivity index (χ0v) is 11.6. The van der Waals surface area contributed by atoms with E-state index in [0.29, 0.717) is 18.0 Å². The minimum absolute atomic E-state index is 0.0571. The number of nitro benzene ring substituents is 1. The molecule has 0 fully saturated rings. The van der Waals surface area contributed by atoms with E-state index in [-0.39, 0.29) is 11.6 Å². The van der Waals surface area contributed by atoms with Gasteiger partial charge < -0.3 is 5.32 Å². The Kier molecular flexibility index (Phi) is 5.48. The van der Waals surface area contributed by atoms with Crippen LogP contribution in [0.2, 0.25) is 0 Å². The van der Waals surface area contributed by atoms with Crippen LogP contribution in [-0.2, 0) is 0 Å². The molecule has 5 nitrogen and oxygen atoms in total. The van der Waals surface area contributed by atoms with Crippen molar-refractivity contribution in [2.75, 3.05) is 6.54 Å². The van der Waals surface area contributed by atoms with Gasteiger partial charge in [-0.25, -0.2) is 0 Å². The van der Waals surface area contributed by atoms with Crippen LogP contribution in [0.3, 0.4) is 0 Å². The Morgan fingerprint density at radius 2 is 2.00 bits per heavy atom. The van der Waals surface area contributed by atoms with Crippen LogP contribution < -0.4 is 5.32 Å². The van der Waals surface area contributed by atoms with E-state index in [2.05, 4.69) is 19.2 Å². The summed E-state index contributed by atoms with van der Waals surface area (Å²) < 4.78 is 0. The summed E-state index contributed by atoms with van der Waals surface area (Å²) in [5, 5.41) is 13.6. The molecule has 1 amide bonds. The molecule has 0 aliphatic carbocycles. The standard InChI is InChI=1S/C14H20N2O3/c1-4-11(5-2)9-15-14(17)13-8-12(16(18)19)7-6-10(13)3/h6-8,11H,4-5,9H2,1-3H3,(H,15,17). The van der Waals surface area contributed by atoms with Crippen molar-refractivity contribution in [1.82, 2.24) is 5.32 Å². The van der Waals surface area contributed by atoms with Gasteiger partial charge >= 0.3 is 0 Å². The molecular formula is C14H20N2O3. The Balaban J connectivity index is 2.81. The van der Waals surface area contributed by atoms with Gasteiger partial charge in [0, 0.05) is 24.2 Å². The lowest BCUT2D eigenvalue weighted by atomic mass is 10.0. The molecule has 0 saturated carbocycles. The molecule has 1 aromatic carbocycles. The molecular weight excluding hydrogens is 244 g/mol. The van der Waals surface area contributed by atoms with E-state index in [1.807, 2.05) is 0 Å². The number of carbonyl (C=O) groups is 1. The van der Waals surface area contributed by atoms with Gasteiger partial charge in [-0.3, -0.25) is 14.9 Å². The van der Waals surface area contributed by atoms with Crippen molar-refractivity contribution in [3.63, 3.8) is 0 Å². The van der Waals surface area contributed by atoms with Gasteiger partial charge in [-0.15, -0.1) is 0 Å². The zero-order valence-electron chi connectivity index (χ0n) is 11.6. The number of amides is 1. The van der Waals surface area contributed by atoms with Crippen LogP contribution in [0.5, 0.6) is 0 Å². The van der Waals surface area contributed by atoms with Crippen molar-refractivity contribution in [3.8, 4) is 0 Å². The predicted octanol–water partition coefficient (Wildman–Crippen LogP) is 3.07. The fourth-order valence-electron chi connectivity index (χ4n) is 1.88. The number of hydrogen-bond donors (Lipinski definition) is 1. The Morgan fingerprint density at radius 3 is 2.53 bits per heavy atom. The average Bonchev–Trinajstić information content (AvgIpc) is 2.39. The SMILES string of the molecule is CCC(CC)CNC(=O)c1cc([N+](=O)[O-])ccc1C. The maximum absolute atomic E-state index is 12.0. The van der Waals surface area contributed by atoms with Crippen LogP contribution in [0.4, 0.5) is 5.69 Å². The molecule has 1 aromatic rings. The molecule has 0 saturated heterocycles. The highest BCUT2D eigenvalue weighted by atomic mass is 16.6. The normalized spacial score (nSPS) is 10.5. The highest BCUT2D eigenvalue weighted by Crippen LogP contribution is 2.17. The first-order valence-electron chi connectivity index (χ1n) is 6.52. The smallest absolute Gasteiger partial charge is 0.270 e. The Hall–Kier alpha value is -1.91. The molecule has 0 aromatic heterocycles. The van der Waals surface area contributed by atoms with Crippen molar-refractivity contribution in [3.05, 3.63) is 39.4 Å². The number of hydrogen-bond acceptors (Lipinski definition) is 3. The average molecular weight is 264 g/mol. The molecule has 0 radical (unpaired) electrons. The fraction of sp³-hybridized carbons (Fsp3) is 0.500. The number of rotatable bonds is 6. The maximum atomic E-state index is 12.0. The van der Waals surface area contributed by atoms with Crippen molar-refractivity contribution >= 4 is 11.6 Å². The number of nitro groups is 1. The van der Waals surface area contributed by atoms with Gasteiger partial charge in [0.15, 0.2) is 0 Å². The Morgan fingerprint density at radius 1 is 1.37 bits per heavy atom. The third kappa shape index (κ3) is 4.05. The molecule has 104 valence electrons. The molecule has 0 aliphatic rings. The van der Waals surface area contributed by atoms with Gasteiger partial charge in [0.1, 0.15) is 0 Å². The third-order valence-electron chi connectivity index (χ3n) is 3.38. The summed E-state index contributed by atoms with van der Waals surface area (Å²) in [7, 11) is 0. The van der Waals surface area contributed by atoms with Crippen LogP contribution in [0.25, 0.3) is 0 Å². The highest BCUT2D eigenvalue weighted by molar-refractivity contribution is 5.96.